The number of ether oxygens (including phenoxy) is 1. The van der Waals surface area contributed by atoms with Crippen LogP contribution in [0, 0.1) is 0 Å². The molecule has 3 heteroatoms. The number of fused-ring (bicyclic) bond motifs is 1. The molecule has 3 unspecified atom stereocenters. The molecule has 0 aliphatic carbocycles. The summed E-state index contributed by atoms with van der Waals surface area (Å²) >= 11 is 0. The second-order valence-corrected chi connectivity index (χ2v) is 7.47. The van der Waals surface area contributed by atoms with E-state index in [0.717, 1.165) is 25.1 Å². The smallest absolute Gasteiger partial charge is 0.0772 e. The van der Waals surface area contributed by atoms with Gasteiger partial charge in [-0.1, -0.05) is 60.7 Å². The highest BCUT2D eigenvalue weighted by molar-refractivity contribution is 5.82. The first-order valence-electron chi connectivity index (χ1n) is 9.78. The number of benzene rings is 3. The van der Waals surface area contributed by atoms with E-state index in [0.29, 0.717) is 12.5 Å². The summed E-state index contributed by atoms with van der Waals surface area (Å²) in [4.78, 5) is 0. The molecule has 1 aliphatic heterocycles. The number of hydrogen-bond donors (Lipinski definition) is 2. The van der Waals surface area contributed by atoms with E-state index in [-0.39, 0.29) is 6.10 Å². The van der Waals surface area contributed by atoms with E-state index < -0.39 is 6.10 Å². The molecule has 3 aromatic rings. The number of aliphatic hydroxyl groups is 1. The van der Waals surface area contributed by atoms with Crippen molar-refractivity contribution in [2.24, 2.45) is 0 Å². The molecule has 0 spiro atoms. The Morgan fingerprint density at radius 2 is 1.81 bits per heavy atom. The van der Waals surface area contributed by atoms with Crippen molar-refractivity contribution < 1.29 is 9.84 Å². The molecule has 0 amide bonds. The minimum absolute atomic E-state index is 0.155. The Morgan fingerprint density at radius 3 is 2.59 bits per heavy atom. The van der Waals surface area contributed by atoms with Crippen LogP contribution in [0.5, 0.6) is 0 Å². The minimum atomic E-state index is -0.424. The van der Waals surface area contributed by atoms with Crippen LogP contribution in [0.4, 0.5) is 0 Å². The first-order chi connectivity index (χ1) is 13.2. The monoisotopic (exact) mass is 361 g/mol. The van der Waals surface area contributed by atoms with Crippen LogP contribution in [0.3, 0.4) is 0 Å². The molecule has 0 aromatic heterocycles. The molecule has 3 aromatic carbocycles. The number of piperidine rings is 1. The second-order valence-electron chi connectivity index (χ2n) is 7.47. The van der Waals surface area contributed by atoms with E-state index in [9.17, 15) is 5.11 Å². The predicted octanol–water partition coefficient (Wildman–Crippen LogP) is 4.56. The van der Waals surface area contributed by atoms with Crippen LogP contribution in [-0.2, 0) is 11.3 Å². The Balaban J connectivity index is 1.47. The standard InChI is InChI=1S/C24H27NO2/c1-17(26)19-8-10-21(11-9-19)23-12-13-25-15-24(23)27-16-18-6-7-20-4-2-3-5-22(20)14-18/h2-11,14,17,23-26H,12-13,15-16H2,1H3. The van der Waals surface area contributed by atoms with E-state index in [2.05, 4.69) is 59.9 Å². The average molecular weight is 361 g/mol. The van der Waals surface area contributed by atoms with Crippen molar-refractivity contribution >= 4 is 10.8 Å². The van der Waals surface area contributed by atoms with Crippen LogP contribution in [0.25, 0.3) is 10.8 Å². The molecular formula is C24H27NO2. The lowest BCUT2D eigenvalue weighted by molar-refractivity contribution is 0.0106. The molecule has 0 saturated carbocycles. The molecular weight excluding hydrogens is 334 g/mol. The van der Waals surface area contributed by atoms with E-state index in [4.69, 9.17) is 4.74 Å². The van der Waals surface area contributed by atoms with Gasteiger partial charge in [-0.15, -0.1) is 0 Å². The van der Waals surface area contributed by atoms with Crippen LogP contribution >= 0.6 is 0 Å². The minimum Gasteiger partial charge on any atom is -0.389 e. The average Bonchev–Trinajstić information content (AvgIpc) is 2.72. The van der Waals surface area contributed by atoms with Crippen molar-refractivity contribution in [2.45, 2.75) is 38.1 Å². The maximum atomic E-state index is 9.73. The summed E-state index contributed by atoms with van der Waals surface area (Å²) in [6.07, 6.45) is 0.797. The Kier molecular flexibility index (Phi) is 5.53. The van der Waals surface area contributed by atoms with Gasteiger partial charge in [0.1, 0.15) is 0 Å². The first-order valence-corrected chi connectivity index (χ1v) is 9.78. The molecule has 1 fully saturated rings. The highest BCUT2D eigenvalue weighted by atomic mass is 16.5. The zero-order chi connectivity index (χ0) is 18.6. The maximum absolute atomic E-state index is 9.73. The number of rotatable bonds is 5. The van der Waals surface area contributed by atoms with Gasteiger partial charge in [-0.3, -0.25) is 0 Å². The molecule has 27 heavy (non-hydrogen) atoms. The number of aliphatic hydroxyl groups excluding tert-OH is 1. The van der Waals surface area contributed by atoms with E-state index in [1.807, 2.05) is 12.1 Å². The van der Waals surface area contributed by atoms with Crippen LogP contribution in [0.2, 0.25) is 0 Å². The Bertz CT molecular complexity index is 888. The third-order valence-corrected chi connectivity index (χ3v) is 5.55. The van der Waals surface area contributed by atoms with Gasteiger partial charge in [0, 0.05) is 12.5 Å². The third-order valence-electron chi connectivity index (χ3n) is 5.55. The van der Waals surface area contributed by atoms with Gasteiger partial charge >= 0.3 is 0 Å². The highest BCUT2D eigenvalue weighted by Crippen LogP contribution is 2.29. The van der Waals surface area contributed by atoms with Crippen molar-refractivity contribution in [1.29, 1.82) is 0 Å². The van der Waals surface area contributed by atoms with Crippen LogP contribution in [0.1, 0.15) is 42.1 Å². The summed E-state index contributed by atoms with van der Waals surface area (Å²) in [5.74, 6) is 0.384. The number of hydrogen-bond acceptors (Lipinski definition) is 3. The van der Waals surface area contributed by atoms with Crippen molar-refractivity contribution in [1.82, 2.24) is 5.32 Å². The maximum Gasteiger partial charge on any atom is 0.0772 e. The predicted molar refractivity (Wildman–Crippen MR) is 110 cm³/mol. The molecule has 4 rings (SSSR count). The molecule has 0 radical (unpaired) electrons. The second kappa shape index (κ2) is 8.22. The fourth-order valence-electron chi connectivity index (χ4n) is 3.94. The quantitative estimate of drug-likeness (QED) is 0.700. The lowest BCUT2D eigenvalue weighted by Crippen LogP contribution is -2.40. The highest BCUT2D eigenvalue weighted by Gasteiger charge is 2.27. The first kappa shape index (κ1) is 18.2. The molecule has 0 bridgehead atoms. The fraction of sp³-hybridized carbons (Fsp3) is 0.333. The number of nitrogens with one attached hydrogen (secondary N) is 1. The third kappa shape index (κ3) is 4.22. The van der Waals surface area contributed by atoms with Gasteiger partial charge in [0.05, 0.1) is 18.8 Å². The molecule has 1 heterocycles. The van der Waals surface area contributed by atoms with Gasteiger partial charge in [0.25, 0.3) is 0 Å². The molecule has 140 valence electrons. The summed E-state index contributed by atoms with van der Waals surface area (Å²) in [5.41, 5.74) is 3.47. The van der Waals surface area contributed by atoms with Gasteiger partial charge < -0.3 is 15.2 Å². The van der Waals surface area contributed by atoms with E-state index >= 15 is 0 Å². The van der Waals surface area contributed by atoms with Gasteiger partial charge in [-0.2, -0.15) is 0 Å². The topological polar surface area (TPSA) is 41.5 Å². The zero-order valence-corrected chi connectivity index (χ0v) is 15.8. The van der Waals surface area contributed by atoms with E-state index in [1.165, 1.54) is 21.9 Å². The normalized spacial score (nSPS) is 21.3. The van der Waals surface area contributed by atoms with Crippen LogP contribution < -0.4 is 5.32 Å². The summed E-state index contributed by atoms with van der Waals surface area (Å²) in [6.45, 7) is 4.31. The van der Waals surface area contributed by atoms with Crippen molar-refractivity contribution in [3.05, 3.63) is 83.4 Å². The Labute approximate surface area is 161 Å². The molecule has 2 N–H and O–H groups in total. The van der Waals surface area contributed by atoms with Gasteiger partial charge in [-0.05, 0) is 53.4 Å². The molecule has 1 aliphatic rings. The fourth-order valence-corrected chi connectivity index (χ4v) is 3.94. The lowest BCUT2D eigenvalue weighted by atomic mass is 9.87. The van der Waals surface area contributed by atoms with Crippen LogP contribution in [0.15, 0.2) is 66.7 Å². The Hall–Kier alpha value is -2.20. The summed E-state index contributed by atoms with van der Waals surface area (Å²) in [7, 11) is 0. The largest absolute Gasteiger partial charge is 0.389 e. The van der Waals surface area contributed by atoms with Gasteiger partial charge in [-0.25, -0.2) is 0 Å². The summed E-state index contributed by atoms with van der Waals surface area (Å²) in [5, 5.41) is 15.7. The van der Waals surface area contributed by atoms with Crippen molar-refractivity contribution in [2.75, 3.05) is 13.1 Å². The molecule has 3 nitrogen and oxygen atoms in total. The summed E-state index contributed by atoms with van der Waals surface area (Å²) < 4.78 is 6.35. The van der Waals surface area contributed by atoms with Crippen molar-refractivity contribution in [3.63, 3.8) is 0 Å². The van der Waals surface area contributed by atoms with Crippen molar-refractivity contribution in [3.8, 4) is 0 Å². The molecule has 1 saturated heterocycles. The molecule has 3 atom stereocenters. The lowest BCUT2D eigenvalue weighted by Gasteiger charge is -2.32. The SMILES string of the molecule is CC(O)c1ccc(C2CCNCC2OCc2ccc3ccccc3c2)cc1. The summed E-state index contributed by atoms with van der Waals surface area (Å²) in [6, 6.07) is 23.3. The Morgan fingerprint density at radius 1 is 1.04 bits per heavy atom. The van der Waals surface area contributed by atoms with E-state index in [1.54, 1.807) is 6.92 Å². The van der Waals surface area contributed by atoms with Gasteiger partial charge in [0.2, 0.25) is 0 Å². The zero-order valence-electron chi connectivity index (χ0n) is 15.8. The van der Waals surface area contributed by atoms with Crippen LogP contribution in [-0.4, -0.2) is 24.3 Å². The van der Waals surface area contributed by atoms with Gasteiger partial charge in [0.15, 0.2) is 0 Å².